The van der Waals surface area contributed by atoms with E-state index in [2.05, 4.69) is 24.3 Å². The highest BCUT2D eigenvalue weighted by Crippen LogP contribution is 2.33. The molecule has 0 bridgehead atoms. The molecule has 0 atom stereocenters. The highest BCUT2D eigenvalue weighted by atomic mass is 16.6. The molecule has 1 saturated carbocycles. The molecule has 0 heterocycles. The molecule has 1 amide bonds. The van der Waals surface area contributed by atoms with E-state index in [-0.39, 0.29) is 17.1 Å². The van der Waals surface area contributed by atoms with Crippen molar-refractivity contribution in [3.63, 3.8) is 0 Å². The fraction of sp³-hybridized carbons (Fsp3) is 0.471. The largest absolute Gasteiger partial charge is 0.351 e. The van der Waals surface area contributed by atoms with E-state index in [1.165, 1.54) is 31.1 Å². The number of hydrogen-bond acceptors (Lipinski definition) is 4. The van der Waals surface area contributed by atoms with Crippen molar-refractivity contribution in [1.82, 2.24) is 10.2 Å². The number of nitrogens with zero attached hydrogens (tertiary/aromatic N) is 2. The summed E-state index contributed by atoms with van der Waals surface area (Å²) in [6, 6.07) is 6.21. The molecule has 6 nitrogen and oxygen atoms in total. The van der Waals surface area contributed by atoms with Crippen LogP contribution in [0.5, 0.6) is 0 Å². The maximum Gasteiger partial charge on any atom is 0.270 e. The number of non-ortho nitro benzene ring substituents is 1. The molecule has 0 spiro atoms. The van der Waals surface area contributed by atoms with E-state index in [0.29, 0.717) is 12.1 Å². The summed E-state index contributed by atoms with van der Waals surface area (Å²) in [5, 5.41) is 13.7. The normalized spacial score (nSPS) is 16.8. The summed E-state index contributed by atoms with van der Waals surface area (Å²) in [7, 11) is 4.10. The van der Waals surface area contributed by atoms with Crippen LogP contribution < -0.4 is 5.32 Å². The van der Waals surface area contributed by atoms with Crippen LogP contribution in [0.1, 0.15) is 31.2 Å². The Morgan fingerprint density at radius 2 is 2.09 bits per heavy atom. The Kier molecular flexibility index (Phi) is 5.50. The van der Waals surface area contributed by atoms with Crippen LogP contribution in [0.2, 0.25) is 0 Å². The average Bonchev–Trinajstić information content (AvgIpc) is 3.01. The first-order valence-electron chi connectivity index (χ1n) is 7.81. The van der Waals surface area contributed by atoms with Crippen molar-refractivity contribution in [2.45, 2.75) is 31.2 Å². The highest BCUT2D eigenvalue weighted by molar-refractivity contribution is 5.91. The minimum atomic E-state index is -0.446. The number of carbonyl (C=O) groups excluding carboxylic acids is 1. The molecule has 0 saturated heterocycles. The van der Waals surface area contributed by atoms with Crippen molar-refractivity contribution in [2.24, 2.45) is 0 Å². The van der Waals surface area contributed by atoms with Gasteiger partial charge in [-0.05, 0) is 38.6 Å². The van der Waals surface area contributed by atoms with E-state index >= 15 is 0 Å². The van der Waals surface area contributed by atoms with Gasteiger partial charge >= 0.3 is 0 Å². The molecule has 1 aromatic rings. The quantitative estimate of drug-likeness (QED) is 0.497. The smallest absolute Gasteiger partial charge is 0.270 e. The van der Waals surface area contributed by atoms with E-state index in [1.54, 1.807) is 18.2 Å². The summed E-state index contributed by atoms with van der Waals surface area (Å²) in [6.45, 7) is 0.623. The maximum atomic E-state index is 12.0. The lowest BCUT2D eigenvalue weighted by molar-refractivity contribution is -0.384. The van der Waals surface area contributed by atoms with Gasteiger partial charge in [-0.15, -0.1) is 0 Å². The van der Waals surface area contributed by atoms with Crippen LogP contribution >= 0.6 is 0 Å². The van der Waals surface area contributed by atoms with Crippen LogP contribution in [-0.4, -0.2) is 41.9 Å². The lowest BCUT2D eigenvalue weighted by atomic mass is 9.96. The molecule has 0 radical (unpaired) electrons. The van der Waals surface area contributed by atoms with Gasteiger partial charge < -0.3 is 10.2 Å². The highest BCUT2D eigenvalue weighted by Gasteiger charge is 2.35. The topological polar surface area (TPSA) is 75.5 Å². The van der Waals surface area contributed by atoms with Crippen molar-refractivity contribution < 1.29 is 9.72 Å². The van der Waals surface area contributed by atoms with Gasteiger partial charge in [-0.3, -0.25) is 14.9 Å². The molecule has 1 aliphatic carbocycles. The Bertz CT molecular complexity index is 605. The first-order chi connectivity index (χ1) is 10.9. The molecular weight excluding hydrogens is 294 g/mol. The SMILES string of the molecule is CN(C)C1(CNC(=O)/C=C\c2cccc([N+](=O)[O-])c2)CCCC1. The molecular formula is C17H23N3O3. The second kappa shape index (κ2) is 7.37. The molecule has 124 valence electrons. The summed E-state index contributed by atoms with van der Waals surface area (Å²) in [5.74, 6) is -0.176. The molecule has 0 aliphatic heterocycles. The van der Waals surface area contributed by atoms with Crippen LogP contribution in [0.15, 0.2) is 30.3 Å². The van der Waals surface area contributed by atoms with Gasteiger partial charge in [-0.2, -0.15) is 0 Å². The molecule has 6 heteroatoms. The standard InChI is InChI=1S/C17H23N3O3/c1-19(2)17(10-3-4-11-17)13-18-16(21)9-8-14-6-5-7-15(12-14)20(22)23/h5-9,12H,3-4,10-11,13H2,1-2H3,(H,18,21)/b9-8-. The first-order valence-corrected chi connectivity index (χ1v) is 7.81. The Morgan fingerprint density at radius 3 is 2.70 bits per heavy atom. The van der Waals surface area contributed by atoms with Gasteiger partial charge in [0.1, 0.15) is 0 Å². The van der Waals surface area contributed by atoms with Gasteiger partial charge in [0.2, 0.25) is 5.91 Å². The number of amides is 1. The van der Waals surface area contributed by atoms with Crippen LogP contribution in [-0.2, 0) is 4.79 Å². The molecule has 0 unspecified atom stereocenters. The number of nitrogens with one attached hydrogen (secondary N) is 1. The average molecular weight is 317 g/mol. The number of hydrogen-bond donors (Lipinski definition) is 1. The minimum Gasteiger partial charge on any atom is -0.351 e. The maximum absolute atomic E-state index is 12.0. The van der Waals surface area contributed by atoms with Crippen molar-refractivity contribution in [3.05, 3.63) is 46.0 Å². The molecule has 1 aromatic carbocycles. The zero-order chi connectivity index (χ0) is 16.9. The first kappa shape index (κ1) is 17.1. The Balaban J connectivity index is 1.94. The summed E-state index contributed by atoms with van der Waals surface area (Å²) >= 11 is 0. The van der Waals surface area contributed by atoms with Gasteiger partial charge in [0.05, 0.1) is 4.92 Å². The van der Waals surface area contributed by atoms with Gasteiger partial charge in [-0.25, -0.2) is 0 Å². The zero-order valence-corrected chi connectivity index (χ0v) is 13.6. The van der Waals surface area contributed by atoms with E-state index in [9.17, 15) is 14.9 Å². The zero-order valence-electron chi connectivity index (χ0n) is 13.6. The van der Waals surface area contributed by atoms with Crippen LogP contribution in [0.4, 0.5) is 5.69 Å². The number of benzene rings is 1. The fourth-order valence-corrected chi connectivity index (χ4v) is 3.04. The summed E-state index contributed by atoms with van der Waals surface area (Å²) in [6.07, 6.45) is 7.59. The second-order valence-electron chi connectivity index (χ2n) is 6.23. The molecule has 23 heavy (non-hydrogen) atoms. The van der Waals surface area contributed by atoms with Crippen molar-refractivity contribution >= 4 is 17.7 Å². The van der Waals surface area contributed by atoms with E-state index in [4.69, 9.17) is 0 Å². The monoisotopic (exact) mass is 317 g/mol. The molecule has 2 rings (SSSR count). The van der Waals surface area contributed by atoms with Crippen LogP contribution in [0, 0.1) is 10.1 Å². The van der Waals surface area contributed by atoms with Gasteiger partial charge in [0, 0.05) is 30.3 Å². The fourth-order valence-electron chi connectivity index (χ4n) is 3.04. The lowest BCUT2D eigenvalue weighted by Crippen LogP contribution is -2.50. The minimum absolute atomic E-state index is 0.0186. The third-order valence-electron chi connectivity index (χ3n) is 4.58. The number of carbonyl (C=O) groups is 1. The van der Waals surface area contributed by atoms with Gasteiger partial charge in [-0.1, -0.05) is 25.0 Å². The lowest BCUT2D eigenvalue weighted by Gasteiger charge is -2.36. The number of rotatable bonds is 6. The summed E-state index contributed by atoms with van der Waals surface area (Å²) < 4.78 is 0. The molecule has 1 fully saturated rings. The number of nitro benzene ring substituents is 1. The van der Waals surface area contributed by atoms with Crippen molar-refractivity contribution in [3.8, 4) is 0 Å². The predicted octanol–water partition coefficient (Wildman–Crippen LogP) is 2.60. The van der Waals surface area contributed by atoms with Crippen molar-refractivity contribution in [2.75, 3.05) is 20.6 Å². The molecule has 1 N–H and O–H groups in total. The van der Waals surface area contributed by atoms with Crippen LogP contribution in [0.3, 0.4) is 0 Å². The Labute approximate surface area is 136 Å². The number of likely N-dealkylation sites (N-methyl/N-ethyl adjacent to an activating group) is 1. The Morgan fingerprint density at radius 1 is 1.39 bits per heavy atom. The van der Waals surface area contributed by atoms with Crippen molar-refractivity contribution in [1.29, 1.82) is 0 Å². The summed E-state index contributed by atoms with van der Waals surface area (Å²) in [4.78, 5) is 24.5. The van der Waals surface area contributed by atoms with Gasteiger partial charge in [0.15, 0.2) is 0 Å². The molecule has 0 aromatic heterocycles. The number of nitro groups is 1. The summed E-state index contributed by atoms with van der Waals surface area (Å²) in [5.41, 5.74) is 0.706. The second-order valence-corrected chi connectivity index (χ2v) is 6.23. The Hall–Kier alpha value is -2.21. The van der Waals surface area contributed by atoms with Gasteiger partial charge in [0.25, 0.3) is 5.69 Å². The van der Waals surface area contributed by atoms with E-state index in [1.807, 2.05) is 0 Å². The predicted molar refractivity (Wildman–Crippen MR) is 90.0 cm³/mol. The molecule has 1 aliphatic rings. The van der Waals surface area contributed by atoms with E-state index in [0.717, 1.165) is 12.8 Å². The van der Waals surface area contributed by atoms with Crippen LogP contribution in [0.25, 0.3) is 6.08 Å². The third kappa shape index (κ3) is 4.39. The van der Waals surface area contributed by atoms with E-state index < -0.39 is 4.92 Å². The third-order valence-corrected chi connectivity index (χ3v) is 4.58.